The third kappa shape index (κ3) is 5.77. The largest absolute Gasteiger partial charge is 0.396 e. The van der Waals surface area contributed by atoms with Gasteiger partial charge in [-0.05, 0) is 50.7 Å². The van der Waals surface area contributed by atoms with Crippen molar-refractivity contribution in [3.8, 4) is 0 Å². The van der Waals surface area contributed by atoms with Crippen LogP contribution in [0.25, 0.3) is 0 Å². The van der Waals surface area contributed by atoms with Gasteiger partial charge in [-0.15, -0.1) is 0 Å². The molecule has 0 aliphatic carbocycles. The maximum atomic E-state index is 10.3. The van der Waals surface area contributed by atoms with E-state index in [0.29, 0.717) is 19.4 Å². The van der Waals surface area contributed by atoms with Crippen molar-refractivity contribution in [1.82, 2.24) is 5.32 Å². The number of rotatable bonds is 9. The number of nitrogens with one attached hydrogen (secondary N) is 1. The van der Waals surface area contributed by atoms with Gasteiger partial charge in [0, 0.05) is 18.7 Å². The second-order valence-electron chi connectivity index (χ2n) is 6.25. The third-order valence-corrected chi connectivity index (χ3v) is 4.52. The van der Waals surface area contributed by atoms with Crippen LogP contribution in [0.1, 0.15) is 50.3 Å². The Morgan fingerprint density at radius 1 is 1.19 bits per heavy atom. The van der Waals surface area contributed by atoms with Crippen LogP contribution in [0.2, 0.25) is 0 Å². The van der Waals surface area contributed by atoms with Crippen LogP contribution in [0.4, 0.5) is 0 Å². The van der Waals surface area contributed by atoms with Crippen molar-refractivity contribution in [2.24, 2.45) is 0 Å². The van der Waals surface area contributed by atoms with E-state index in [-0.39, 0.29) is 12.1 Å². The minimum absolute atomic E-state index is 0.0994. The Balaban J connectivity index is 2.64. The predicted molar refractivity (Wildman–Crippen MR) is 88.7 cm³/mol. The highest BCUT2D eigenvalue weighted by Gasteiger charge is 2.20. The Morgan fingerprint density at radius 3 is 2.43 bits per heavy atom. The molecule has 1 aromatic rings. The summed E-state index contributed by atoms with van der Waals surface area (Å²) in [5.41, 5.74) is 3.57. The van der Waals surface area contributed by atoms with E-state index in [1.165, 1.54) is 5.56 Å². The second kappa shape index (κ2) is 8.52. The van der Waals surface area contributed by atoms with Crippen molar-refractivity contribution < 1.29 is 10.2 Å². The molecule has 3 nitrogen and oxygen atoms in total. The molecule has 0 saturated carbocycles. The van der Waals surface area contributed by atoms with Crippen LogP contribution >= 0.6 is 0 Å². The van der Waals surface area contributed by atoms with Crippen LogP contribution < -0.4 is 5.32 Å². The molecule has 0 heterocycles. The molecule has 1 unspecified atom stereocenters. The average molecular weight is 293 g/mol. The molecule has 1 aromatic carbocycles. The smallest absolute Gasteiger partial charge is 0.0705 e. The van der Waals surface area contributed by atoms with E-state index >= 15 is 0 Å². The third-order valence-electron chi connectivity index (χ3n) is 4.52. The predicted octanol–water partition coefficient (Wildman–Crippen LogP) is 2.60. The Hall–Kier alpha value is -0.900. The van der Waals surface area contributed by atoms with Crippen molar-refractivity contribution in [2.45, 2.75) is 65.0 Å². The number of aliphatic hydroxyl groups excluding tert-OH is 2. The Bertz CT molecular complexity index is 427. The first-order valence-corrected chi connectivity index (χ1v) is 8.06. The fourth-order valence-corrected chi connectivity index (χ4v) is 2.50. The fourth-order valence-electron chi connectivity index (χ4n) is 2.50. The van der Waals surface area contributed by atoms with Gasteiger partial charge in [0.2, 0.25) is 0 Å². The summed E-state index contributed by atoms with van der Waals surface area (Å²) in [6, 6.07) is 6.24. The fraction of sp³-hybridized carbons (Fsp3) is 0.667. The molecule has 3 N–H and O–H groups in total. The monoisotopic (exact) mass is 293 g/mol. The lowest BCUT2D eigenvalue weighted by molar-refractivity contribution is 0.153. The van der Waals surface area contributed by atoms with Gasteiger partial charge >= 0.3 is 0 Å². The van der Waals surface area contributed by atoms with Crippen molar-refractivity contribution in [3.63, 3.8) is 0 Å². The minimum Gasteiger partial charge on any atom is -0.396 e. The van der Waals surface area contributed by atoms with Gasteiger partial charge in [0.15, 0.2) is 0 Å². The van der Waals surface area contributed by atoms with E-state index in [1.807, 2.05) is 0 Å². The standard InChI is InChI=1S/C18H31NO2/c1-5-18(4,6-2)19-13-17(21)12-15-8-7-14(3)11-16(15)9-10-20/h7-8,11,17,19-21H,5-6,9-10,12-13H2,1-4H3. The molecule has 0 amide bonds. The van der Waals surface area contributed by atoms with Gasteiger partial charge < -0.3 is 15.5 Å². The number of aryl methyl sites for hydroxylation is 1. The zero-order valence-corrected chi connectivity index (χ0v) is 13.9. The highest BCUT2D eigenvalue weighted by atomic mass is 16.3. The topological polar surface area (TPSA) is 52.5 Å². The maximum Gasteiger partial charge on any atom is 0.0705 e. The summed E-state index contributed by atoms with van der Waals surface area (Å²) in [4.78, 5) is 0. The van der Waals surface area contributed by atoms with Gasteiger partial charge in [0.25, 0.3) is 0 Å². The zero-order chi connectivity index (χ0) is 15.9. The lowest BCUT2D eigenvalue weighted by atomic mass is 9.94. The quantitative estimate of drug-likeness (QED) is 0.656. The summed E-state index contributed by atoms with van der Waals surface area (Å²) < 4.78 is 0. The van der Waals surface area contributed by atoms with E-state index in [0.717, 1.165) is 24.0 Å². The summed E-state index contributed by atoms with van der Waals surface area (Å²) in [5, 5.41) is 22.9. The molecular weight excluding hydrogens is 262 g/mol. The van der Waals surface area contributed by atoms with Crippen LogP contribution in [0.5, 0.6) is 0 Å². The molecule has 1 atom stereocenters. The first kappa shape index (κ1) is 18.1. The minimum atomic E-state index is -0.400. The Labute approximate surface area is 129 Å². The number of benzene rings is 1. The van der Waals surface area contributed by atoms with Gasteiger partial charge in [-0.3, -0.25) is 0 Å². The van der Waals surface area contributed by atoms with E-state index in [4.69, 9.17) is 5.11 Å². The number of hydrogen-bond donors (Lipinski definition) is 3. The molecule has 0 bridgehead atoms. The zero-order valence-electron chi connectivity index (χ0n) is 13.9. The Kier molecular flexibility index (Phi) is 7.36. The number of hydrogen-bond acceptors (Lipinski definition) is 3. The molecule has 0 fully saturated rings. The lowest BCUT2D eigenvalue weighted by Gasteiger charge is -2.29. The summed E-state index contributed by atoms with van der Waals surface area (Å²) in [5.74, 6) is 0. The first-order chi connectivity index (χ1) is 9.94. The summed E-state index contributed by atoms with van der Waals surface area (Å²) in [6.45, 7) is 9.34. The van der Waals surface area contributed by atoms with E-state index in [1.54, 1.807) is 0 Å². The molecule has 21 heavy (non-hydrogen) atoms. The lowest BCUT2D eigenvalue weighted by Crippen LogP contribution is -2.45. The number of aliphatic hydroxyl groups is 2. The molecule has 0 aliphatic heterocycles. The van der Waals surface area contributed by atoms with Crippen LogP contribution in [0.3, 0.4) is 0 Å². The van der Waals surface area contributed by atoms with Crippen LogP contribution in [-0.2, 0) is 12.8 Å². The van der Waals surface area contributed by atoms with E-state index in [2.05, 4.69) is 51.2 Å². The van der Waals surface area contributed by atoms with Crippen molar-refractivity contribution in [1.29, 1.82) is 0 Å². The van der Waals surface area contributed by atoms with E-state index < -0.39 is 6.10 Å². The maximum absolute atomic E-state index is 10.3. The highest BCUT2D eigenvalue weighted by molar-refractivity contribution is 5.32. The van der Waals surface area contributed by atoms with E-state index in [9.17, 15) is 5.11 Å². The Morgan fingerprint density at radius 2 is 1.86 bits per heavy atom. The van der Waals surface area contributed by atoms with Gasteiger partial charge in [0.05, 0.1) is 6.10 Å². The van der Waals surface area contributed by atoms with Crippen molar-refractivity contribution >= 4 is 0 Å². The molecule has 3 heteroatoms. The highest BCUT2D eigenvalue weighted by Crippen LogP contribution is 2.16. The molecule has 0 aliphatic rings. The summed E-state index contributed by atoms with van der Waals surface area (Å²) >= 11 is 0. The van der Waals surface area contributed by atoms with Gasteiger partial charge in [0.1, 0.15) is 0 Å². The first-order valence-electron chi connectivity index (χ1n) is 8.06. The summed E-state index contributed by atoms with van der Waals surface area (Å²) in [7, 11) is 0. The molecule has 0 aromatic heterocycles. The molecular formula is C18H31NO2. The number of β-amino-alcohol motifs (C(OH)–C–C–N with tert-alkyl or cyclic N) is 1. The van der Waals surface area contributed by atoms with Crippen LogP contribution in [0.15, 0.2) is 18.2 Å². The average Bonchev–Trinajstić information content (AvgIpc) is 2.48. The van der Waals surface area contributed by atoms with Gasteiger partial charge in [-0.25, -0.2) is 0 Å². The van der Waals surface area contributed by atoms with Gasteiger partial charge in [-0.1, -0.05) is 37.6 Å². The molecule has 0 radical (unpaired) electrons. The van der Waals surface area contributed by atoms with Crippen molar-refractivity contribution in [3.05, 3.63) is 34.9 Å². The second-order valence-corrected chi connectivity index (χ2v) is 6.25. The molecule has 1 rings (SSSR count). The molecule has 0 saturated heterocycles. The van der Waals surface area contributed by atoms with Crippen LogP contribution in [0, 0.1) is 6.92 Å². The molecule has 120 valence electrons. The summed E-state index contributed by atoms with van der Waals surface area (Å²) in [6.07, 6.45) is 2.99. The SMILES string of the molecule is CCC(C)(CC)NCC(O)Cc1ccc(C)cc1CCO. The normalized spacial score (nSPS) is 13.4. The van der Waals surface area contributed by atoms with Crippen LogP contribution in [-0.4, -0.2) is 35.0 Å². The van der Waals surface area contributed by atoms with Gasteiger partial charge in [-0.2, -0.15) is 0 Å². The van der Waals surface area contributed by atoms with Crippen molar-refractivity contribution in [2.75, 3.05) is 13.2 Å². The molecule has 0 spiro atoms.